The lowest BCUT2D eigenvalue weighted by Crippen LogP contribution is -2.48. The zero-order valence-corrected chi connectivity index (χ0v) is 18.4. The van der Waals surface area contributed by atoms with E-state index >= 15 is 0 Å². The number of ether oxygens (including phenoxy) is 2. The first-order valence-electron chi connectivity index (χ1n) is 10.9. The summed E-state index contributed by atoms with van der Waals surface area (Å²) in [6.07, 6.45) is 0.664. The molecule has 0 unspecified atom stereocenters. The van der Waals surface area contributed by atoms with E-state index in [1.54, 1.807) is 4.90 Å². The molecule has 0 spiro atoms. The highest BCUT2D eigenvalue weighted by Gasteiger charge is 2.30. The van der Waals surface area contributed by atoms with E-state index in [2.05, 4.69) is 29.6 Å². The highest BCUT2D eigenvalue weighted by Crippen LogP contribution is 2.44. The van der Waals surface area contributed by atoms with Gasteiger partial charge in [-0.1, -0.05) is 48.5 Å². The molecule has 2 aromatic carbocycles. The standard InChI is InChI=1S/C25H30N2O4/c1-25(2,3)31-24(29)27-14-12-17(13-15-27)26-23(28)30-16-22-20-10-6-4-8-18(20)19-9-5-7-11-21(19)22/h4-11,17,22H,12-16H2,1-3H3,(H,26,28). The molecule has 2 aliphatic rings. The first-order valence-corrected chi connectivity index (χ1v) is 10.9. The third kappa shape index (κ3) is 4.84. The lowest BCUT2D eigenvalue weighted by molar-refractivity contribution is 0.0198. The number of hydrogen-bond donors (Lipinski definition) is 1. The van der Waals surface area contributed by atoms with Crippen LogP contribution in [0, 0.1) is 0 Å². The zero-order valence-electron chi connectivity index (χ0n) is 18.4. The van der Waals surface area contributed by atoms with Crippen LogP contribution in [0.1, 0.15) is 50.7 Å². The molecule has 6 heteroatoms. The van der Waals surface area contributed by atoms with Crippen LogP contribution in [0.25, 0.3) is 11.1 Å². The fourth-order valence-electron chi connectivity index (χ4n) is 4.34. The van der Waals surface area contributed by atoms with E-state index in [9.17, 15) is 9.59 Å². The highest BCUT2D eigenvalue weighted by atomic mass is 16.6. The summed E-state index contributed by atoms with van der Waals surface area (Å²) >= 11 is 0. The number of rotatable bonds is 3. The monoisotopic (exact) mass is 422 g/mol. The number of fused-ring (bicyclic) bond motifs is 3. The van der Waals surface area contributed by atoms with Gasteiger partial charge in [0.2, 0.25) is 0 Å². The molecule has 4 rings (SSSR count). The van der Waals surface area contributed by atoms with Crippen molar-refractivity contribution in [2.75, 3.05) is 19.7 Å². The molecular weight excluding hydrogens is 392 g/mol. The van der Waals surface area contributed by atoms with Gasteiger partial charge < -0.3 is 19.7 Å². The van der Waals surface area contributed by atoms with Crippen molar-refractivity contribution in [3.8, 4) is 11.1 Å². The van der Waals surface area contributed by atoms with Gasteiger partial charge in [0.1, 0.15) is 12.2 Å². The number of hydrogen-bond acceptors (Lipinski definition) is 4. The summed E-state index contributed by atoms with van der Waals surface area (Å²) in [4.78, 5) is 26.3. The summed E-state index contributed by atoms with van der Waals surface area (Å²) < 4.78 is 11.0. The van der Waals surface area contributed by atoms with Crippen LogP contribution in [0.2, 0.25) is 0 Å². The minimum absolute atomic E-state index is 0.00524. The zero-order chi connectivity index (χ0) is 22.0. The van der Waals surface area contributed by atoms with Crippen LogP contribution in [-0.4, -0.2) is 48.4 Å². The lowest BCUT2D eigenvalue weighted by Gasteiger charge is -2.33. The van der Waals surface area contributed by atoms with E-state index in [1.165, 1.54) is 22.3 Å². The van der Waals surface area contributed by atoms with Crippen molar-refractivity contribution >= 4 is 12.2 Å². The SMILES string of the molecule is CC(C)(C)OC(=O)N1CCC(NC(=O)OCC2c3ccccc3-c3ccccc32)CC1. The Morgan fingerprint density at radius 3 is 2.06 bits per heavy atom. The Morgan fingerprint density at radius 1 is 0.968 bits per heavy atom. The topological polar surface area (TPSA) is 67.9 Å². The van der Waals surface area contributed by atoms with Gasteiger partial charge in [-0.25, -0.2) is 9.59 Å². The van der Waals surface area contributed by atoms with Crippen molar-refractivity contribution in [2.45, 2.75) is 51.2 Å². The van der Waals surface area contributed by atoms with Gasteiger partial charge in [0.15, 0.2) is 0 Å². The minimum atomic E-state index is -0.506. The first kappa shape index (κ1) is 21.2. The number of carbonyl (C=O) groups is 2. The van der Waals surface area contributed by atoms with Crippen molar-refractivity contribution in [1.82, 2.24) is 10.2 Å². The Hall–Kier alpha value is -3.02. The number of benzene rings is 2. The molecule has 1 fully saturated rings. The lowest BCUT2D eigenvalue weighted by atomic mass is 9.98. The van der Waals surface area contributed by atoms with E-state index in [0.717, 1.165) is 0 Å². The average Bonchev–Trinajstić information content (AvgIpc) is 3.05. The number of carbonyl (C=O) groups excluding carboxylic acids is 2. The quantitative estimate of drug-likeness (QED) is 0.762. The van der Waals surface area contributed by atoms with Crippen LogP contribution in [0.4, 0.5) is 9.59 Å². The smallest absolute Gasteiger partial charge is 0.410 e. The molecule has 0 aromatic heterocycles. The summed E-state index contributed by atoms with van der Waals surface area (Å²) in [6, 6.07) is 16.6. The normalized spacial score (nSPS) is 16.4. The maximum Gasteiger partial charge on any atom is 0.410 e. The summed E-state index contributed by atoms with van der Waals surface area (Å²) in [6.45, 7) is 6.99. The molecule has 31 heavy (non-hydrogen) atoms. The largest absolute Gasteiger partial charge is 0.449 e. The molecule has 0 bridgehead atoms. The molecule has 1 N–H and O–H groups in total. The van der Waals surface area contributed by atoms with Crippen LogP contribution < -0.4 is 5.32 Å². The molecule has 2 amide bonds. The number of likely N-dealkylation sites (tertiary alicyclic amines) is 1. The van der Waals surface area contributed by atoms with Crippen molar-refractivity contribution in [1.29, 1.82) is 0 Å². The molecule has 1 aliphatic carbocycles. The molecule has 1 aliphatic heterocycles. The van der Waals surface area contributed by atoms with Crippen LogP contribution in [-0.2, 0) is 9.47 Å². The summed E-state index contributed by atoms with van der Waals surface area (Å²) in [7, 11) is 0. The van der Waals surface area contributed by atoms with Gasteiger partial charge >= 0.3 is 12.2 Å². The van der Waals surface area contributed by atoms with Crippen molar-refractivity contribution in [2.24, 2.45) is 0 Å². The van der Waals surface area contributed by atoms with Crippen molar-refractivity contribution in [3.63, 3.8) is 0 Å². The molecule has 2 aromatic rings. The highest BCUT2D eigenvalue weighted by molar-refractivity contribution is 5.79. The Morgan fingerprint density at radius 2 is 1.52 bits per heavy atom. The van der Waals surface area contributed by atoms with Gasteiger partial charge in [-0.15, -0.1) is 0 Å². The van der Waals surface area contributed by atoms with Gasteiger partial charge in [0.25, 0.3) is 0 Å². The molecule has 0 saturated carbocycles. The van der Waals surface area contributed by atoms with Crippen molar-refractivity contribution in [3.05, 3.63) is 59.7 Å². The molecule has 0 atom stereocenters. The molecular formula is C25H30N2O4. The third-order valence-corrected chi connectivity index (χ3v) is 5.81. The molecule has 6 nitrogen and oxygen atoms in total. The number of alkyl carbamates (subject to hydrolysis) is 1. The third-order valence-electron chi connectivity index (χ3n) is 5.81. The fraction of sp³-hybridized carbons (Fsp3) is 0.440. The van der Waals surface area contributed by atoms with E-state index in [4.69, 9.17) is 9.47 Å². The number of nitrogens with zero attached hydrogens (tertiary/aromatic N) is 1. The van der Waals surface area contributed by atoms with Crippen LogP contribution in [0.5, 0.6) is 0 Å². The first-order chi connectivity index (χ1) is 14.8. The van der Waals surface area contributed by atoms with Crippen LogP contribution >= 0.6 is 0 Å². The van der Waals surface area contributed by atoms with Gasteiger partial charge in [0, 0.05) is 25.0 Å². The maximum atomic E-state index is 12.5. The second-order valence-corrected chi connectivity index (χ2v) is 9.21. The van der Waals surface area contributed by atoms with Gasteiger partial charge in [0.05, 0.1) is 0 Å². The van der Waals surface area contributed by atoms with Crippen LogP contribution in [0.3, 0.4) is 0 Å². The predicted octanol–water partition coefficient (Wildman–Crippen LogP) is 4.92. The van der Waals surface area contributed by atoms with Crippen molar-refractivity contribution < 1.29 is 19.1 Å². The maximum absolute atomic E-state index is 12.5. The Labute approximate surface area is 183 Å². The summed E-state index contributed by atoms with van der Waals surface area (Å²) in [5.41, 5.74) is 4.31. The van der Waals surface area contributed by atoms with E-state index in [0.29, 0.717) is 32.5 Å². The van der Waals surface area contributed by atoms with Gasteiger partial charge in [-0.05, 0) is 55.9 Å². The Bertz CT molecular complexity index is 912. The number of amides is 2. The minimum Gasteiger partial charge on any atom is -0.449 e. The average molecular weight is 423 g/mol. The Balaban J connectivity index is 1.29. The molecule has 1 saturated heterocycles. The van der Waals surface area contributed by atoms with E-state index < -0.39 is 11.7 Å². The predicted molar refractivity (Wildman–Crippen MR) is 119 cm³/mol. The molecule has 164 valence electrons. The fourth-order valence-corrected chi connectivity index (χ4v) is 4.34. The van der Waals surface area contributed by atoms with E-state index in [-0.39, 0.29) is 18.1 Å². The molecule has 1 heterocycles. The van der Waals surface area contributed by atoms with Crippen LogP contribution in [0.15, 0.2) is 48.5 Å². The Kier molecular flexibility index (Phi) is 5.90. The summed E-state index contributed by atoms with van der Waals surface area (Å²) in [5.74, 6) is 0.0483. The molecule has 0 radical (unpaired) electrons. The van der Waals surface area contributed by atoms with Gasteiger partial charge in [-0.2, -0.15) is 0 Å². The van der Waals surface area contributed by atoms with E-state index in [1.807, 2.05) is 45.0 Å². The van der Waals surface area contributed by atoms with Gasteiger partial charge in [-0.3, -0.25) is 0 Å². The second kappa shape index (κ2) is 8.61. The number of piperidine rings is 1. The summed E-state index contributed by atoms with van der Waals surface area (Å²) in [5, 5.41) is 2.96. The number of nitrogens with one attached hydrogen (secondary N) is 1. The second-order valence-electron chi connectivity index (χ2n) is 9.21.